The standard InChI is InChI=1S/C14H25NO6/c1-8(2)14(16)21-9(3)10-6-12(19-4)13(20-5)7-11(10)15(17)18/h8-13H,6-7H2,1-5H3. The number of carbonyl (C=O) groups excluding carboxylic acids is 1. The molecular formula is C14H25NO6. The fourth-order valence-electron chi connectivity index (χ4n) is 2.79. The third-order valence-electron chi connectivity index (χ3n) is 4.14. The molecule has 0 spiro atoms. The quantitative estimate of drug-likeness (QED) is 0.421. The number of ether oxygens (including phenoxy) is 3. The van der Waals surface area contributed by atoms with Crippen LogP contribution in [0.3, 0.4) is 0 Å². The molecule has 0 aromatic heterocycles. The Balaban J connectivity index is 2.85. The smallest absolute Gasteiger partial charge is 0.308 e. The Hall–Kier alpha value is -1.21. The van der Waals surface area contributed by atoms with Crippen LogP contribution in [0.4, 0.5) is 0 Å². The molecule has 5 atom stereocenters. The molecule has 0 aromatic carbocycles. The van der Waals surface area contributed by atoms with E-state index in [0.29, 0.717) is 6.42 Å². The van der Waals surface area contributed by atoms with E-state index in [1.807, 2.05) is 0 Å². The molecule has 1 saturated carbocycles. The second-order valence-corrected chi connectivity index (χ2v) is 5.83. The summed E-state index contributed by atoms with van der Waals surface area (Å²) >= 11 is 0. The Morgan fingerprint density at radius 3 is 2.10 bits per heavy atom. The van der Waals surface area contributed by atoms with Gasteiger partial charge in [-0.2, -0.15) is 0 Å². The number of esters is 1. The summed E-state index contributed by atoms with van der Waals surface area (Å²) in [5, 5.41) is 11.3. The minimum Gasteiger partial charge on any atom is -0.462 e. The van der Waals surface area contributed by atoms with Crippen LogP contribution in [-0.4, -0.2) is 49.5 Å². The van der Waals surface area contributed by atoms with Crippen LogP contribution in [0.1, 0.15) is 33.6 Å². The largest absolute Gasteiger partial charge is 0.462 e. The summed E-state index contributed by atoms with van der Waals surface area (Å²) in [5.74, 6) is -0.971. The first-order valence-electron chi connectivity index (χ1n) is 7.21. The molecule has 0 aliphatic heterocycles. The van der Waals surface area contributed by atoms with Crippen molar-refractivity contribution in [1.82, 2.24) is 0 Å². The Morgan fingerprint density at radius 1 is 1.14 bits per heavy atom. The zero-order valence-electron chi connectivity index (χ0n) is 13.3. The first kappa shape index (κ1) is 17.8. The summed E-state index contributed by atoms with van der Waals surface area (Å²) in [6.45, 7) is 5.18. The van der Waals surface area contributed by atoms with Gasteiger partial charge in [-0.1, -0.05) is 13.8 Å². The fraction of sp³-hybridized carbons (Fsp3) is 0.929. The van der Waals surface area contributed by atoms with Crippen molar-refractivity contribution in [2.45, 2.75) is 58.0 Å². The summed E-state index contributed by atoms with van der Waals surface area (Å²) in [4.78, 5) is 22.7. The molecule has 5 unspecified atom stereocenters. The highest BCUT2D eigenvalue weighted by Crippen LogP contribution is 2.33. The third kappa shape index (κ3) is 4.38. The van der Waals surface area contributed by atoms with Gasteiger partial charge in [0.15, 0.2) is 0 Å². The van der Waals surface area contributed by atoms with Crippen molar-refractivity contribution in [1.29, 1.82) is 0 Å². The number of nitro groups is 1. The third-order valence-corrected chi connectivity index (χ3v) is 4.14. The summed E-state index contributed by atoms with van der Waals surface area (Å²) in [7, 11) is 3.08. The van der Waals surface area contributed by atoms with E-state index in [2.05, 4.69) is 0 Å². The van der Waals surface area contributed by atoms with Gasteiger partial charge in [-0.25, -0.2) is 0 Å². The minimum atomic E-state index is -0.795. The van der Waals surface area contributed by atoms with Crippen molar-refractivity contribution in [3.63, 3.8) is 0 Å². The predicted molar refractivity (Wildman–Crippen MR) is 75.5 cm³/mol. The Labute approximate surface area is 125 Å². The van der Waals surface area contributed by atoms with Crippen LogP contribution in [0.5, 0.6) is 0 Å². The highest BCUT2D eigenvalue weighted by molar-refractivity contribution is 5.71. The molecule has 0 amide bonds. The van der Waals surface area contributed by atoms with E-state index in [0.717, 1.165) is 0 Å². The SMILES string of the molecule is COC1CC(C(C)OC(=O)C(C)C)C([N+](=O)[O-])CC1OC. The Morgan fingerprint density at radius 2 is 1.67 bits per heavy atom. The Bertz CT molecular complexity index is 372. The molecule has 0 heterocycles. The van der Waals surface area contributed by atoms with Gasteiger partial charge in [-0.05, 0) is 13.3 Å². The van der Waals surface area contributed by atoms with Crippen molar-refractivity contribution >= 4 is 5.97 Å². The molecule has 0 radical (unpaired) electrons. The van der Waals surface area contributed by atoms with Gasteiger partial charge in [0, 0.05) is 25.6 Å². The molecule has 1 rings (SSSR count). The Kier molecular flexibility index (Phi) is 6.54. The second-order valence-electron chi connectivity index (χ2n) is 5.83. The predicted octanol–water partition coefficient (Wildman–Crippen LogP) is 1.66. The molecule has 1 fully saturated rings. The van der Waals surface area contributed by atoms with E-state index in [1.54, 1.807) is 27.9 Å². The number of carbonyl (C=O) groups is 1. The monoisotopic (exact) mass is 303 g/mol. The lowest BCUT2D eigenvalue weighted by Gasteiger charge is -2.38. The maximum Gasteiger partial charge on any atom is 0.308 e. The first-order valence-corrected chi connectivity index (χ1v) is 7.21. The van der Waals surface area contributed by atoms with Gasteiger partial charge in [-0.3, -0.25) is 14.9 Å². The van der Waals surface area contributed by atoms with Gasteiger partial charge in [-0.15, -0.1) is 0 Å². The molecule has 122 valence electrons. The maximum atomic E-state index is 11.7. The van der Waals surface area contributed by atoms with Crippen LogP contribution in [0.15, 0.2) is 0 Å². The van der Waals surface area contributed by atoms with Crippen molar-refractivity contribution in [3.05, 3.63) is 10.1 Å². The highest BCUT2D eigenvalue weighted by atomic mass is 16.6. The van der Waals surface area contributed by atoms with Crippen molar-refractivity contribution in [2.24, 2.45) is 11.8 Å². The molecule has 0 bridgehead atoms. The van der Waals surface area contributed by atoms with Crippen molar-refractivity contribution in [2.75, 3.05) is 14.2 Å². The second kappa shape index (κ2) is 7.70. The number of methoxy groups -OCH3 is 2. The molecule has 7 nitrogen and oxygen atoms in total. The summed E-state index contributed by atoms with van der Waals surface area (Å²) in [5.41, 5.74) is 0. The van der Waals surface area contributed by atoms with Crippen LogP contribution in [0.25, 0.3) is 0 Å². The molecule has 7 heteroatoms. The zero-order chi connectivity index (χ0) is 16.2. The van der Waals surface area contributed by atoms with Gasteiger partial charge >= 0.3 is 5.97 Å². The van der Waals surface area contributed by atoms with Gasteiger partial charge in [0.05, 0.1) is 24.0 Å². The van der Waals surface area contributed by atoms with E-state index < -0.39 is 12.1 Å². The maximum absolute atomic E-state index is 11.7. The molecule has 21 heavy (non-hydrogen) atoms. The van der Waals surface area contributed by atoms with Gasteiger partial charge in [0.2, 0.25) is 6.04 Å². The van der Waals surface area contributed by atoms with E-state index >= 15 is 0 Å². The van der Waals surface area contributed by atoms with Crippen LogP contribution >= 0.6 is 0 Å². The average molecular weight is 303 g/mol. The zero-order valence-corrected chi connectivity index (χ0v) is 13.3. The van der Waals surface area contributed by atoms with Crippen molar-refractivity contribution in [3.8, 4) is 0 Å². The lowest BCUT2D eigenvalue weighted by Crippen LogP contribution is -2.50. The highest BCUT2D eigenvalue weighted by Gasteiger charge is 2.47. The lowest BCUT2D eigenvalue weighted by atomic mass is 9.78. The number of hydrogen-bond donors (Lipinski definition) is 0. The van der Waals surface area contributed by atoms with E-state index in [9.17, 15) is 14.9 Å². The fourth-order valence-corrected chi connectivity index (χ4v) is 2.79. The molecular weight excluding hydrogens is 278 g/mol. The van der Waals surface area contributed by atoms with E-state index in [-0.39, 0.29) is 41.4 Å². The summed E-state index contributed by atoms with van der Waals surface area (Å²) in [6.07, 6.45) is -0.361. The van der Waals surface area contributed by atoms with E-state index in [4.69, 9.17) is 14.2 Å². The van der Waals surface area contributed by atoms with Gasteiger partial charge < -0.3 is 14.2 Å². The van der Waals surface area contributed by atoms with Crippen LogP contribution in [0, 0.1) is 22.0 Å². The summed E-state index contributed by atoms with van der Waals surface area (Å²) < 4.78 is 16.0. The average Bonchev–Trinajstić information content (AvgIpc) is 2.45. The number of rotatable bonds is 6. The van der Waals surface area contributed by atoms with Gasteiger partial charge in [0.25, 0.3) is 0 Å². The normalized spacial score (nSPS) is 31.0. The van der Waals surface area contributed by atoms with E-state index in [1.165, 1.54) is 7.11 Å². The molecule has 1 aliphatic carbocycles. The molecule has 0 saturated heterocycles. The van der Waals surface area contributed by atoms with Gasteiger partial charge in [0.1, 0.15) is 6.10 Å². The topological polar surface area (TPSA) is 87.9 Å². The van der Waals surface area contributed by atoms with Crippen LogP contribution in [0.2, 0.25) is 0 Å². The molecule has 1 aliphatic rings. The van der Waals surface area contributed by atoms with Crippen LogP contribution < -0.4 is 0 Å². The number of nitrogens with zero attached hydrogens (tertiary/aromatic N) is 1. The van der Waals surface area contributed by atoms with Crippen molar-refractivity contribution < 1.29 is 23.9 Å². The first-order chi connectivity index (χ1) is 9.81. The summed E-state index contributed by atoms with van der Waals surface area (Å²) in [6, 6.07) is -0.795. The minimum absolute atomic E-state index is 0.226. The molecule has 0 aromatic rings. The lowest BCUT2D eigenvalue weighted by molar-refractivity contribution is -0.541. The number of hydrogen-bond acceptors (Lipinski definition) is 6. The molecule has 0 N–H and O–H groups in total. The van der Waals surface area contributed by atoms with Crippen LogP contribution in [-0.2, 0) is 19.0 Å².